The minimum atomic E-state index is -0.860. The van der Waals surface area contributed by atoms with Crippen LogP contribution in [0.4, 0.5) is 0 Å². The molecule has 0 bridgehead atoms. The molecule has 148 valence electrons. The number of phenols is 1. The number of esters is 1. The van der Waals surface area contributed by atoms with E-state index in [2.05, 4.69) is 41.5 Å². The topological polar surface area (TPSA) is 72.5 Å². The smallest absolute Gasteiger partial charge is 0.318 e. The van der Waals surface area contributed by atoms with E-state index in [1.165, 1.54) is 0 Å². The molecule has 0 heterocycles. The van der Waals surface area contributed by atoms with Gasteiger partial charge >= 0.3 is 5.97 Å². The third-order valence-corrected chi connectivity index (χ3v) is 5.20. The summed E-state index contributed by atoms with van der Waals surface area (Å²) in [4.78, 5) is 13.0. The second-order valence-electron chi connectivity index (χ2n) is 9.89. The lowest BCUT2D eigenvalue weighted by Gasteiger charge is -2.36. The fourth-order valence-corrected chi connectivity index (χ4v) is 3.06. The Bertz CT molecular complexity index is 628. The highest BCUT2D eigenvalue weighted by Gasteiger charge is 2.42. The fourth-order valence-electron chi connectivity index (χ4n) is 3.06. The summed E-state index contributed by atoms with van der Waals surface area (Å²) in [6, 6.07) is 3.90. The van der Waals surface area contributed by atoms with Crippen molar-refractivity contribution in [2.75, 3.05) is 0 Å². The van der Waals surface area contributed by atoms with Gasteiger partial charge in [0.05, 0.1) is 5.41 Å². The van der Waals surface area contributed by atoms with Gasteiger partial charge in [0, 0.05) is 0 Å². The summed E-state index contributed by atoms with van der Waals surface area (Å²) in [5.41, 5.74) is 6.85. The lowest BCUT2D eigenvalue weighted by molar-refractivity contribution is -0.156. The highest BCUT2D eigenvalue weighted by atomic mass is 16.6. The van der Waals surface area contributed by atoms with Crippen LogP contribution in [0.15, 0.2) is 12.1 Å². The molecule has 0 radical (unpaired) electrons. The van der Waals surface area contributed by atoms with E-state index in [0.29, 0.717) is 5.75 Å². The van der Waals surface area contributed by atoms with E-state index < -0.39 is 11.6 Å². The highest BCUT2D eigenvalue weighted by molar-refractivity contribution is 5.83. The van der Waals surface area contributed by atoms with Crippen molar-refractivity contribution in [2.45, 2.75) is 91.7 Å². The Kier molecular flexibility index (Phi) is 6.25. The number of phenolic OH excluding ortho intramolecular Hbond substituents is 1. The largest absolute Gasteiger partial charge is 0.507 e. The van der Waals surface area contributed by atoms with Gasteiger partial charge < -0.3 is 9.84 Å². The number of hydrogen-bond donors (Lipinski definition) is 2. The molecule has 1 rings (SSSR count). The molecule has 3 N–H and O–H groups in total. The van der Waals surface area contributed by atoms with Gasteiger partial charge in [-0.15, -0.1) is 0 Å². The van der Waals surface area contributed by atoms with Gasteiger partial charge in [-0.2, -0.15) is 0 Å². The molecule has 1 aromatic rings. The third kappa shape index (κ3) is 4.40. The Morgan fingerprint density at radius 2 is 1.35 bits per heavy atom. The maximum absolute atomic E-state index is 13.0. The molecule has 0 aliphatic carbocycles. The molecule has 0 spiro atoms. The Labute approximate surface area is 159 Å². The molecule has 0 amide bonds. The van der Waals surface area contributed by atoms with E-state index in [1.807, 2.05) is 32.9 Å². The van der Waals surface area contributed by atoms with Crippen LogP contribution in [0.3, 0.4) is 0 Å². The number of ether oxygens (including phenoxy) is 1. The van der Waals surface area contributed by atoms with Crippen LogP contribution in [0.1, 0.15) is 85.9 Å². The number of nitrogens with two attached hydrogens (primary N) is 1. The zero-order chi connectivity index (χ0) is 20.7. The lowest BCUT2D eigenvalue weighted by Crippen LogP contribution is -2.42. The zero-order valence-corrected chi connectivity index (χ0v) is 18.2. The highest BCUT2D eigenvalue weighted by Crippen LogP contribution is 2.44. The first-order valence-electron chi connectivity index (χ1n) is 9.38. The molecule has 4 heteroatoms. The Hall–Kier alpha value is -1.55. The van der Waals surface area contributed by atoms with Crippen LogP contribution in [0.2, 0.25) is 0 Å². The molecule has 0 saturated heterocycles. The van der Waals surface area contributed by atoms with Crippen molar-refractivity contribution in [3.05, 3.63) is 28.8 Å². The molecule has 2 atom stereocenters. The summed E-state index contributed by atoms with van der Waals surface area (Å²) in [6.07, 6.45) is -0.665. The molecule has 0 aliphatic heterocycles. The van der Waals surface area contributed by atoms with Crippen LogP contribution in [0.5, 0.6) is 5.75 Å². The van der Waals surface area contributed by atoms with Crippen LogP contribution in [-0.4, -0.2) is 17.3 Å². The number of benzene rings is 1. The summed E-state index contributed by atoms with van der Waals surface area (Å²) in [5.74, 6) is -0.0349. The van der Waals surface area contributed by atoms with E-state index in [4.69, 9.17) is 10.5 Å². The van der Waals surface area contributed by atoms with E-state index in [1.54, 1.807) is 6.92 Å². The molecule has 2 unspecified atom stereocenters. The molecule has 4 nitrogen and oxygen atoms in total. The monoisotopic (exact) mass is 363 g/mol. The van der Waals surface area contributed by atoms with Crippen LogP contribution in [0.25, 0.3) is 0 Å². The predicted molar refractivity (Wildman–Crippen MR) is 107 cm³/mol. The minimum absolute atomic E-state index is 0.000991. The van der Waals surface area contributed by atoms with Gasteiger partial charge in [-0.1, -0.05) is 67.5 Å². The summed E-state index contributed by atoms with van der Waals surface area (Å²) >= 11 is 0. The molecular formula is C22H37NO3. The number of aromatic hydroxyl groups is 1. The fraction of sp³-hybridized carbons (Fsp3) is 0.682. The van der Waals surface area contributed by atoms with Gasteiger partial charge in [-0.3, -0.25) is 10.5 Å². The zero-order valence-electron chi connectivity index (χ0n) is 18.2. The van der Waals surface area contributed by atoms with Gasteiger partial charge in [0.15, 0.2) is 0 Å². The van der Waals surface area contributed by atoms with Gasteiger partial charge in [0.2, 0.25) is 0 Å². The van der Waals surface area contributed by atoms with E-state index in [9.17, 15) is 9.90 Å². The average Bonchev–Trinajstić information content (AvgIpc) is 2.42. The number of hydrogen-bond acceptors (Lipinski definition) is 4. The van der Waals surface area contributed by atoms with Crippen molar-refractivity contribution < 1.29 is 14.6 Å². The first-order chi connectivity index (χ1) is 11.5. The summed E-state index contributed by atoms with van der Waals surface area (Å²) < 4.78 is 5.39. The molecule has 0 fully saturated rings. The van der Waals surface area contributed by atoms with Gasteiger partial charge in [-0.25, -0.2) is 0 Å². The minimum Gasteiger partial charge on any atom is -0.507 e. The predicted octanol–water partition coefficient (Wildman–Crippen LogP) is 4.75. The normalized spacial score (nSPS) is 16.3. The number of carbonyl (C=O) groups excluding carboxylic acids is 1. The quantitative estimate of drug-likeness (QED) is 0.598. The van der Waals surface area contributed by atoms with Gasteiger partial charge in [0.1, 0.15) is 12.0 Å². The second kappa shape index (κ2) is 7.22. The average molecular weight is 364 g/mol. The summed E-state index contributed by atoms with van der Waals surface area (Å²) in [7, 11) is 0. The lowest BCUT2D eigenvalue weighted by atomic mass is 9.69. The second-order valence-corrected chi connectivity index (χ2v) is 9.89. The third-order valence-electron chi connectivity index (χ3n) is 5.20. The van der Waals surface area contributed by atoms with Crippen molar-refractivity contribution >= 4 is 5.97 Å². The summed E-state index contributed by atoms with van der Waals surface area (Å²) in [5, 5.41) is 10.9. The van der Waals surface area contributed by atoms with Crippen LogP contribution in [-0.2, 0) is 25.8 Å². The Morgan fingerprint density at radius 3 is 1.62 bits per heavy atom. The molecule has 1 aromatic carbocycles. The summed E-state index contributed by atoms with van der Waals surface area (Å²) in [6.45, 7) is 19.9. The first-order valence-corrected chi connectivity index (χ1v) is 9.38. The SMILES string of the molecule is CC(N)OC(=O)C(C)(c1cc(C(C)(C)C)c(O)c(C(C)(C)C)c1)C(C)C. The standard InChI is InChI=1S/C22H37NO3/c1-13(2)22(10,19(25)26-14(3)23)15-11-16(20(4,5)6)18(24)17(12-15)21(7,8)9/h11-14,24H,23H2,1-10H3. The Balaban J connectivity index is 3.81. The van der Waals surface area contributed by atoms with Gasteiger partial charge in [0.25, 0.3) is 0 Å². The number of rotatable bonds is 4. The maximum atomic E-state index is 13.0. The first kappa shape index (κ1) is 22.5. The molecule has 0 saturated carbocycles. The molecule has 0 aliphatic rings. The number of carbonyl (C=O) groups is 1. The van der Waals surface area contributed by atoms with Crippen molar-refractivity contribution in [1.29, 1.82) is 0 Å². The van der Waals surface area contributed by atoms with Crippen molar-refractivity contribution in [3.8, 4) is 5.75 Å². The van der Waals surface area contributed by atoms with Crippen LogP contribution < -0.4 is 5.73 Å². The van der Waals surface area contributed by atoms with Crippen molar-refractivity contribution in [2.24, 2.45) is 11.7 Å². The van der Waals surface area contributed by atoms with Crippen LogP contribution >= 0.6 is 0 Å². The van der Waals surface area contributed by atoms with Crippen molar-refractivity contribution in [3.63, 3.8) is 0 Å². The molecular weight excluding hydrogens is 326 g/mol. The Morgan fingerprint density at radius 1 is 0.962 bits per heavy atom. The van der Waals surface area contributed by atoms with Gasteiger partial charge in [-0.05, 0) is 47.3 Å². The van der Waals surface area contributed by atoms with E-state index in [0.717, 1.165) is 16.7 Å². The maximum Gasteiger partial charge on any atom is 0.318 e. The van der Waals surface area contributed by atoms with E-state index >= 15 is 0 Å². The van der Waals surface area contributed by atoms with Crippen molar-refractivity contribution in [1.82, 2.24) is 0 Å². The van der Waals surface area contributed by atoms with Crippen LogP contribution in [0, 0.1) is 5.92 Å². The molecule has 0 aromatic heterocycles. The van der Waals surface area contributed by atoms with E-state index in [-0.39, 0.29) is 22.7 Å². The molecule has 26 heavy (non-hydrogen) atoms.